The van der Waals surface area contributed by atoms with Gasteiger partial charge in [-0.2, -0.15) is 0 Å². The number of methoxy groups -OCH3 is 1. The smallest absolute Gasteiger partial charge is 0.237 e. The second-order valence-corrected chi connectivity index (χ2v) is 3.68. The zero-order valence-corrected chi connectivity index (χ0v) is 9.06. The molecule has 2 atom stereocenters. The molecule has 1 N–H and O–H groups in total. The summed E-state index contributed by atoms with van der Waals surface area (Å²) in [6.45, 7) is 2.90. The van der Waals surface area contributed by atoms with Crippen molar-refractivity contribution < 1.29 is 9.47 Å². The molecule has 1 aliphatic rings. The van der Waals surface area contributed by atoms with Gasteiger partial charge in [0.05, 0.1) is 24.9 Å². The highest BCUT2D eigenvalue weighted by Gasteiger charge is 2.24. The molecular weight excluding hydrogens is 192 g/mol. The van der Waals surface area contributed by atoms with E-state index < -0.39 is 0 Å². The lowest BCUT2D eigenvalue weighted by Crippen LogP contribution is -2.26. The van der Waals surface area contributed by atoms with Crippen LogP contribution in [-0.4, -0.2) is 30.8 Å². The maximum Gasteiger partial charge on any atom is 0.237 e. The van der Waals surface area contributed by atoms with Crippen LogP contribution in [-0.2, 0) is 4.74 Å². The van der Waals surface area contributed by atoms with Gasteiger partial charge in [-0.05, 0) is 25.5 Å². The molecule has 0 aliphatic carbocycles. The third-order valence-corrected chi connectivity index (χ3v) is 2.68. The van der Waals surface area contributed by atoms with Crippen molar-refractivity contribution >= 4 is 5.69 Å². The van der Waals surface area contributed by atoms with Crippen molar-refractivity contribution in [3.8, 4) is 5.88 Å². The second-order valence-electron chi connectivity index (χ2n) is 3.68. The molecule has 1 aromatic heterocycles. The van der Waals surface area contributed by atoms with Crippen molar-refractivity contribution in [3.63, 3.8) is 0 Å². The van der Waals surface area contributed by atoms with Gasteiger partial charge in [0.2, 0.25) is 5.88 Å². The molecule has 0 amide bonds. The average molecular weight is 208 g/mol. The summed E-state index contributed by atoms with van der Waals surface area (Å²) in [5.74, 6) is 0.636. The molecule has 0 unspecified atom stereocenters. The largest absolute Gasteiger partial charge is 0.480 e. The number of nitrogens with zero attached hydrogens (tertiary/aromatic N) is 1. The van der Waals surface area contributed by atoms with Crippen LogP contribution in [0.1, 0.15) is 13.3 Å². The molecule has 1 saturated heterocycles. The van der Waals surface area contributed by atoms with Crippen molar-refractivity contribution in [1.29, 1.82) is 0 Å². The first-order chi connectivity index (χ1) is 7.31. The van der Waals surface area contributed by atoms with Crippen LogP contribution in [0.25, 0.3) is 0 Å². The summed E-state index contributed by atoms with van der Waals surface area (Å²) in [4.78, 5) is 4.14. The molecule has 4 heteroatoms. The molecule has 2 rings (SSSR count). The van der Waals surface area contributed by atoms with Crippen molar-refractivity contribution in [2.75, 3.05) is 19.0 Å². The molecule has 0 saturated carbocycles. The Balaban J connectivity index is 2.09. The van der Waals surface area contributed by atoms with Crippen LogP contribution in [0.2, 0.25) is 0 Å². The number of rotatable bonds is 3. The summed E-state index contributed by atoms with van der Waals surface area (Å²) in [5, 5.41) is 3.40. The minimum atomic E-state index is 0.245. The SMILES string of the molecule is COc1ncccc1N[C@@H]1CCO[C@@H]1C. The van der Waals surface area contributed by atoms with Crippen LogP contribution in [0.15, 0.2) is 18.3 Å². The zero-order valence-electron chi connectivity index (χ0n) is 9.06. The third-order valence-electron chi connectivity index (χ3n) is 2.68. The standard InChI is InChI=1S/C11H16N2O2/c1-8-9(5-7-15-8)13-10-4-3-6-12-11(10)14-2/h3-4,6,8-9,13H,5,7H2,1-2H3/t8-,9-/m1/s1. The van der Waals surface area contributed by atoms with Crippen LogP contribution >= 0.6 is 0 Å². The van der Waals surface area contributed by atoms with E-state index in [1.165, 1.54) is 0 Å². The summed E-state index contributed by atoms with van der Waals surface area (Å²) < 4.78 is 10.7. The minimum absolute atomic E-state index is 0.245. The Morgan fingerprint density at radius 3 is 3.13 bits per heavy atom. The first-order valence-corrected chi connectivity index (χ1v) is 5.18. The fraction of sp³-hybridized carbons (Fsp3) is 0.545. The van der Waals surface area contributed by atoms with Crippen molar-refractivity contribution in [2.45, 2.75) is 25.5 Å². The minimum Gasteiger partial charge on any atom is -0.480 e. The Labute approximate surface area is 89.6 Å². The Hall–Kier alpha value is -1.29. The van der Waals surface area contributed by atoms with Gasteiger partial charge in [0.25, 0.3) is 0 Å². The van der Waals surface area contributed by atoms with Gasteiger partial charge in [-0.25, -0.2) is 4.98 Å². The molecule has 0 bridgehead atoms. The molecule has 1 aliphatic heterocycles. The highest BCUT2D eigenvalue weighted by Crippen LogP contribution is 2.24. The zero-order chi connectivity index (χ0) is 10.7. The van der Waals surface area contributed by atoms with Crippen LogP contribution in [0.4, 0.5) is 5.69 Å². The Kier molecular flexibility index (Phi) is 3.06. The number of hydrogen-bond donors (Lipinski definition) is 1. The van der Waals surface area contributed by atoms with E-state index in [4.69, 9.17) is 9.47 Å². The summed E-state index contributed by atoms with van der Waals surface area (Å²) in [6, 6.07) is 4.21. The molecule has 82 valence electrons. The molecule has 15 heavy (non-hydrogen) atoms. The Morgan fingerprint density at radius 2 is 2.47 bits per heavy atom. The van der Waals surface area contributed by atoms with Gasteiger partial charge in [0.15, 0.2) is 0 Å². The maximum atomic E-state index is 5.49. The van der Waals surface area contributed by atoms with Gasteiger partial charge < -0.3 is 14.8 Å². The summed E-state index contributed by atoms with van der Waals surface area (Å²) in [5.41, 5.74) is 0.933. The van der Waals surface area contributed by atoms with E-state index in [-0.39, 0.29) is 6.10 Å². The molecule has 1 aromatic rings. The fourth-order valence-electron chi connectivity index (χ4n) is 1.78. The topological polar surface area (TPSA) is 43.4 Å². The van der Waals surface area contributed by atoms with E-state index in [1.807, 2.05) is 12.1 Å². The Bertz CT molecular complexity index is 330. The van der Waals surface area contributed by atoms with Crippen LogP contribution < -0.4 is 10.1 Å². The second kappa shape index (κ2) is 4.49. The van der Waals surface area contributed by atoms with E-state index in [9.17, 15) is 0 Å². The van der Waals surface area contributed by atoms with Gasteiger partial charge in [-0.3, -0.25) is 0 Å². The molecule has 4 nitrogen and oxygen atoms in total. The predicted octanol–water partition coefficient (Wildman–Crippen LogP) is 1.68. The number of nitrogens with one attached hydrogen (secondary N) is 1. The van der Waals surface area contributed by atoms with Crippen LogP contribution in [0, 0.1) is 0 Å². The van der Waals surface area contributed by atoms with Gasteiger partial charge in [-0.15, -0.1) is 0 Å². The third kappa shape index (κ3) is 2.21. The summed E-state index contributed by atoms with van der Waals surface area (Å²) in [7, 11) is 1.63. The molecule has 2 heterocycles. The molecule has 0 radical (unpaired) electrons. The monoisotopic (exact) mass is 208 g/mol. The van der Waals surface area contributed by atoms with Gasteiger partial charge in [0.1, 0.15) is 0 Å². The first-order valence-electron chi connectivity index (χ1n) is 5.18. The molecule has 1 fully saturated rings. The van der Waals surface area contributed by atoms with Crippen molar-refractivity contribution in [2.24, 2.45) is 0 Å². The average Bonchev–Trinajstić information content (AvgIpc) is 2.65. The van der Waals surface area contributed by atoms with Gasteiger partial charge >= 0.3 is 0 Å². The van der Waals surface area contributed by atoms with Crippen molar-refractivity contribution in [1.82, 2.24) is 4.98 Å². The van der Waals surface area contributed by atoms with E-state index in [0.29, 0.717) is 11.9 Å². The summed E-state index contributed by atoms with van der Waals surface area (Å²) >= 11 is 0. The number of anilines is 1. The number of ether oxygens (including phenoxy) is 2. The van der Waals surface area contributed by atoms with Crippen LogP contribution in [0.5, 0.6) is 5.88 Å². The fourth-order valence-corrected chi connectivity index (χ4v) is 1.78. The van der Waals surface area contributed by atoms with Gasteiger partial charge in [-0.1, -0.05) is 0 Å². The van der Waals surface area contributed by atoms with Gasteiger partial charge in [0, 0.05) is 12.8 Å². The maximum absolute atomic E-state index is 5.49. The van der Waals surface area contributed by atoms with Crippen LogP contribution in [0.3, 0.4) is 0 Å². The van der Waals surface area contributed by atoms with E-state index in [0.717, 1.165) is 18.7 Å². The lowest BCUT2D eigenvalue weighted by Gasteiger charge is -2.18. The predicted molar refractivity (Wildman–Crippen MR) is 58.2 cm³/mol. The van der Waals surface area contributed by atoms with E-state index in [2.05, 4.69) is 17.2 Å². The molecule has 0 aromatic carbocycles. The molecular formula is C11H16N2O2. The highest BCUT2D eigenvalue weighted by atomic mass is 16.5. The quantitative estimate of drug-likeness (QED) is 0.820. The lowest BCUT2D eigenvalue weighted by molar-refractivity contribution is 0.121. The summed E-state index contributed by atoms with van der Waals surface area (Å²) in [6.07, 6.45) is 2.99. The lowest BCUT2D eigenvalue weighted by atomic mass is 10.1. The number of pyridine rings is 1. The van der Waals surface area contributed by atoms with Crippen molar-refractivity contribution in [3.05, 3.63) is 18.3 Å². The molecule has 0 spiro atoms. The normalized spacial score (nSPS) is 25.2. The number of hydrogen-bond acceptors (Lipinski definition) is 4. The highest BCUT2D eigenvalue weighted by molar-refractivity contribution is 5.52. The Morgan fingerprint density at radius 1 is 1.60 bits per heavy atom. The van der Waals surface area contributed by atoms with E-state index in [1.54, 1.807) is 13.3 Å². The van der Waals surface area contributed by atoms with E-state index >= 15 is 0 Å². The first kappa shape index (κ1) is 10.2. The number of aromatic nitrogens is 1.